The van der Waals surface area contributed by atoms with Crippen molar-refractivity contribution < 1.29 is 9.32 Å². The summed E-state index contributed by atoms with van der Waals surface area (Å²) >= 11 is 0. The van der Waals surface area contributed by atoms with Crippen molar-refractivity contribution in [1.29, 1.82) is 0 Å². The van der Waals surface area contributed by atoms with Gasteiger partial charge in [-0.2, -0.15) is 4.98 Å². The number of carbonyl (C=O) groups excluding carboxylic acids is 1. The van der Waals surface area contributed by atoms with E-state index in [1.54, 1.807) is 4.90 Å². The van der Waals surface area contributed by atoms with E-state index in [4.69, 9.17) is 4.52 Å². The molecule has 1 N–H and O–H groups in total. The molecule has 3 rings (SSSR count). The van der Waals surface area contributed by atoms with Crippen LogP contribution in [0, 0.1) is 5.92 Å². The summed E-state index contributed by atoms with van der Waals surface area (Å²) in [7, 11) is 0. The van der Waals surface area contributed by atoms with Gasteiger partial charge in [-0.15, -0.1) is 0 Å². The van der Waals surface area contributed by atoms with Crippen molar-refractivity contribution in [1.82, 2.24) is 20.4 Å². The van der Waals surface area contributed by atoms with Crippen LogP contribution >= 0.6 is 0 Å². The van der Waals surface area contributed by atoms with Crippen LogP contribution in [0.2, 0.25) is 0 Å². The molecule has 1 aromatic carbocycles. The molecule has 1 unspecified atom stereocenters. The summed E-state index contributed by atoms with van der Waals surface area (Å²) < 4.78 is 5.19. The predicted molar refractivity (Wildman–Crippen MR) is 99.9 cm³/mol. The average Bonchev–Trinajstić information content (AvgIpc) is 3.34. The molecule has 1 aliphatic rings. The summed E-state index contributed by atoms with van der Waals surface area (Å²) in [5, 5.41) is 6.94. The number of carbonyl (C=O) groups is 1. The molecule has 1 fully saturated rings. The van der Waals surface area contributed by atoms with Crippen LogP contribution in [0.4, 0.5) is 10.5 Å². The molecule has 1 aliphatic heterocycles. The minimum Gasteiger partial charge on any atom is -0.371 e. The lowest BCUT2D eigenvalue weighted by Gasteiger charge is -2.21. The highest BCUT2D eigenvalue weighted by molar-refractivity contribution is 5.74. The fraction of sp³-hybridized carbons (Fsp3) is 0.526. The number of urea groups is 1. The van der Waals surface area contributed by atoms with Crippen LogP contribution in [0.15, 0.2) is 34.9 Å². The molecule has 0 aliphatic carbocycles. The zero-order valence-corrected chi connectivity index (χ0v) is 15.5. The number of benzene rings is 1. The molecule has 2 amide bonds. The largest absolute Gasteiger partial charge is 0.371 e. The van der Waals surface area contributed by atoms with Crippen LogP contribution in [-0.2, 0) is 13.0 Å². The second kappa shape index (κ2) is 8.69. The quantitative estimate of drug-likeness (QED) is 0.825. The molecule has 1 saturated heterocycles. The Morgan fingerprint density at radius 2 is 2.15 bits per heavy atom. The van der Waals surface area contributed by atoms with Crippen LogP contribution < -0.4 is 10.2 Å². The lowest BCUT2D eigenvalue weighted by atomic mass is 10.1. The van der Waals surface area contributed by atoms with Gasteiger partial charge in [-0.3, -0.25) is 0 Å². The lowest BCUT2D eigenvalue weighted by molar-refractivity contribution is 0.188. The van der Waals surface area contributed by atoms with Crippen molar-refractivity contribution in [2.45, 2.75) is 33.2 Å². The first-order valence-electron chi connectivity index (χ1n) is 9.33. The highest BCUT2D eigenvalue weighted by Crippen LogP contribution is 2.23. The zero-order chi connectivity index (χ0) is 18.4. The minimum atomic E-state index is -0.0816. The summed E-state index contributed by atoms with van der Waals surface area (Å²) in [5.74, 6) is 1.62. The number of para-hydroxylation sites is 1. The molecule has 0 saturated carbocycles. The maximum Gasteiger partial charge on any atom is 0.317 e. The third kappa shape index (κ3) is 4.53. The molecular weight excluding hydrogens is 330 g/mol. The fourth-order valence-electron chi connectivity index (χ4n) is 3.20. The molecule has 2 aromatic rings. The van der Waals surface area contributed by atoms with Crippen molar-refractivity contribution in [3.05, 3.63) is 42.0 Å². The summed E-state index contributed by atoms with van der Waals surface area (Å²) in [6, 6.07) is 10.3. The van der Waals surface area contributed by atoms with E-state index in [2.05, 4.69) is 44.6 Å². The van der Waals surface area contributed by atoms with Gasteiger partial charge in [0.25, 0.3) is 0 Å². The Hall–Kier alpha value is -2.57. The van der Waals surface area contributed by atoms with Gasteiger partial charge in [-0.25, -0.2) is 4.79 Å². The fourth-order valence-corrected chi connectivity index (χ4v) is 3.20. The third-order valence-electron chi connectivity index (χ3n) is 4.77. The smallest absolute Gasteiger partial charge is 0.317 e. The van der Waals surface area contributed by atoms with Gasteiger partial charge in [0.15, 0.2) is 5.82 Å². The minimum absolute atomic E-state index is 0.0816. The van der Waals surface area contributed by atoms with Gasteiger partial charge in [-0.1, -0.05) is 30.3 Å². The number of hydrogen-bond donors (Lipinski definition) is 1. The van der Waals surface area contributed by atoms with Gasteiger partial charge in [0, 0.05) is 38.3 Å². The highest BCUT2D eigenvalue weighted by atomic mass is 16.5. The Balaban J connectivity index is 1.46. The van der Waals surface area contributed by atoms with Gasteiger partial charge < -0.3 is 19.6 Å². The maximum atomic E-state index is 12.5. The Labute approximate surface area is 154 Å². The molecule has 7 heteroatoms. The Morgan fingerprint density at radius 1 is 1.35 bits per heavy atom. The molecule has 140 valence electrons. The second-order valence-corrected chi connectivity index (χ2v) is 6.59. The average molecular weight is 357 g/mol. The molecule has 1 aromatic heterocycles. The summed E-state index contributed by atoms with van der Waals surface area (Å²) in [5.41, 5.74) is 1.25. The van der Waals surface area contributed by atoms with Crippen LogP contribution in [0.1, 0.15) is 32.0 Å². The van der Waals surface area contributed by atoms with E-state index in [-0.39, 0.29) is 6.03 Å². The lowest BCUT2D eigenvalue weighted by Crippen LogP contribution is -2.41. The molecule has 0 spiro atoms. The first-order valence-corrected chi connectivity index (χ1v) is 9.33. The van der Waals surface area contributed by atoms with E-state index in [1.165, 1.54) is 5.69 Å². The zero-order valence-electron chi connectivity index (χ0n) is 15.5. The molecule has 2 heterocycles. The van der Waals surface area contributed by atoms with Crippen LogP contribution in [0.3, 0.4) is 0 Å². The van der Waals surface area contributed by atoms with Gasteiger partial charge in [0.05, 0.1) is 0 Å². The summed E-state index contributed by atoms with van der Waals surface area (Å²) in [6.45, 7) is 7.54. The standard InChI is InChI=1S/C19H27N5O2/c1-3-17-21-18(26-22-17)14-23(4-2)19(25)20-12-15-10-11-24(13-15)16-8-6-5-7-9-16/h5-9,15H,3-4,10-14H2,1-2H3,(H,20,25). The van der Waals surface area contributed by atoms with E-state index in [0.29, 0.717) is 37.3 Å². The maximum absolute atomic E-state index is 12.5. The number of amides is 2. The van der Waals surface area contributed by atoms with Crippen molar-refractivity contribution >= 4 is 11.7 Å². The third-order valence-corrected chi connectivity index (χ3v) is 4.77. The molecule has 1 atom stereocenters. The molecule has 0 bridgehead atoms. The van der Waals surface area contributed by atoms with E-state index in [1.807, 2.05) is 19.9 Å². The SMILES string of the molecule is CCc1noc(CN(CC)C(=O)NCC2CCN(c3ccccc3)C2)n1. The number of nitrogens with one attached hydrogen (secondary N) is 1. The molecule has 7 nitrogen and oxygen atoms in total. The number of rotatable bonds is 7. The highest BCUT2D eigenvalue weighted by Gasteiger charge is 2.24. The van der Waals surface area contributed by atoms with Crippen molar-refractivity contribution in [2.75, 3.05) is 31.1 Å². The van der Waals surface area contributed by atoms with E-state index < -0.39 is 0 Å². The van der Waals surface area contributed by atoms with Crippen LogP contribution in [0.5, 0.6) is 0 Å². The van der Waals surface area contributed by atoms with E-state index in [0.717, 1.165) is 25.9 Å². The first kappa shape index (κ1) is 18.2. The van der Waals surface area contributed by atoms with Crippen molar-refractivity contribution in [3.63, 3.8) is 0 Å². The molecular formula is C19H27N5O2. The number of aromatic nitrogens is 2. The Bertz CT molecular complexity index is 703. The number of nitrogens with zero attached hydrogens (tertiary/aromatic N) is 4. The predicted octanol–water partition coefficient (Wildman–Crippen LogP) is 2.69. The molecule has 26 heavy (non-hydrogen) atoms. The number of aryl methyl sites for hydroxylation is 1. The summed E-state index contributed by atoms with van der Waals surface area (Å²) in [4.78, 5) is 20.8. The monoisotopic (exact) mass is 357 g/mol. The number of hydrogen-bond acceptors (Lipinski definition) is 5. The van der Waals surface area contributed by atoms with Crippen LogP contribution in [-0.4, -0.2) is 47.3 Å². The second-order valence-electron chi connectivity index (χ2n) is 6.59. The van der Waals surface area contributed by atoms with Crippen molar-refractivity contribution in [3.8, 4) is 0 Å². The number of anilines is 1. The first-order chi connectivity index (χ1) is 12.7. The summed E-state index contributed by atoms with van der Waals surface area (Å²) in [6.07, 6.45) is 1.81. The van der Waals surface area contributed by atoms with Gasteiger partial charge in [0.2, 0.25) is 5.89 Å². The normalized spacial score (nSPS) is 16.7. The van der Waals surface area contributed by atoms with Gasteiger partial charge in [-0.05, 0) is 31.4 Å². The molecule has 0 radical (unpaired) electrons. The van der Waals surface area contributed by atoms with Gasteiger partial charge >= 0.3 is 6.03 Å². The Kier molecular flexibility index (Phi) is 6.09. The Morgan fingerprint density at radius 3 is 2.85 bits per heavy atom. The topological polar surface area (TPSA) is 74.5 Å². The van der Waals surface area contributed by atoms with Crippen molar-refractivity contribution in [2.24, 2.45) is 5.92 Å². The van der Waals surface area contributed by atoms with E-state index in [9.17, 15) is 4.79 Å². The van der Waals surface area contributed by atoms with E-state index >= 15 is 0 Å². The van der Waals surface area contributed by atoms with Crippen LogP contribution in [0.25, 0.3) is 0 Å². The van der Waals surface area contributed by atoms with Gasteiger partial charge in [0.1, 0.15) is 6.54 Å².